The molecule has 1 saturated heterocycles. The van der Waals surface area contributed by atoms with E-state index in [9.17, 15) is 18.8 Å². The van der Waals surface area contributed by atoms with Crippen molar-refractivity contribution in [2.45, 2.75) is 6.61 Å². The van der Waals surface area contributed by atoms with Crippen LogP contribution in [0.4, 0.5) is 4.39 Å². The van der Waals surface area contributed by atoms with Crippen molar-refractivity contribution >= 4 is 11.8 Å². The van der Waals surface area contributed by atoms with Gasteiger partial charge in [-0.05, 0) is 29.8 Å². The Hall–Kier alpha value is -3.88. The molecule has 3 aromatic rings. The van der Waals surface area contributed by atoms with Crippen LogP contribution in [0.25, 0.3) is 0 Å². The summed E-state index contributed by atoms with van der Waals surface area (Å²) in [5.41, 5.74) is 0.186. The lowest BCUT2D eigenvalue weighted by molar-refractivity contribution is 0.0500. The summed E-state index contributed by atoms with van der Waals surface area (Å²) in [6.45, 7) is 1.35. The first-order valence-corrected chi connectivity index (χ1v) is 9.63. The van der Waals surface area contributed by atoms with Crippen LogP contribution in [0.15, 0.2) is 68.6 Å². The molecule has 1 aliphatic heterocycles. The van der Waals surface area contributed by atoms with Crippen LogP contribution in [0.3, 0.4) is 0 Å². The normalized spacial score (nSPS) is 13.8. The van der Waals surface area contributed by atoms with Gasteiger partial charge in [-0.1, -0.05) is 12.1 Å². The summed E-state index contributed by atoms with van der Waals surface area (Å²) in [4.78, 5) is 40.4. The molecule has 9 heteroatoms. The van der Waals surface area contributed by atoms with Crippen LogP contribution in [0.1, 0.15) is 26.7 Å². The van der Waals surface area contributed by atoms with Gasteiger partial charge in [-0.25, -0.2) is 4.39 Å². The minimum absolute atomic E-state index is 0.0465. The van der Waals surface area contributed by atoms with Crippen LogP contribution in [-0.2, 0) is 6.61 Å². The Morgan fingerprint density at radius 3 is 2.16 bits per heavy atom. The fourth-order valence-electron chi connectivity index (χ4n) is 3.18. The Morgan fingerprint density at radius 1 is 0.935 bits per heavy atom. The quantitative estimate of drug-likeness (QED) is 0.623. The Bertz CT molecular complexity index is 1120. The number of carbonyl (C=O) groups excluding carboxylic acids is 2. The molecule has 1 aliphatic rings. The average Bonchev–Trinajstić information content (AvgIpc) is 3.33. The van der Waals surface area contributed by atoms with Crippen molar-refractivity contribution in [1.82, 2.24) is 9.80 Å². The first-order valence-electron chi connectivity index (χ1n) is 9.63. The van der Waals surface area contributed by atoms with E-state index in [1.165, 1.54) is 23.3 Å². The lowest BCUT2D eigenvalue weighted by Gasteiger charge is -2.33. The number of carbonyl (C=O) groups is 2. The molecule has 2 amide bonds. The second kappa shape index (κ2) is 8.86. The van der Waals surface area contributed by atoms with Gasteiger partial charge in [0.05, 0.1) is 6.26 Å². The zero-order valence-electron chi connectivity index (χ0n) is 16.5. The van der Waals surface area contributed by atoms with Gasteiger partial charge in [-0.2, -0.15) is 0 Å². The summed E-state index contributed by atoms with van der Waals surface area (Å²) < 4.78 is 28.8. The first kappa shape index (κ1) is 20.4. The van der Waals surface area contributed by atoms with Gasteiger partial charge in [0.2, 0.25) is 11.2 Å². The molecule has 8 nitrogen and oxygen atoms in total. The number of furan rings is 1. The maximum absolute atomic E-state index is 12.9. The summed E-state index contributed by atoms with van der Waals surface area (Å²) >= 11 is 0. The van der Waals surface area contributed by atoms with E-state index in [2.05, 4.69) is 0 Å². The van der Waals surface area contributed by atoms with E-state index in [1.807, 2.05) is 0 Å². The Labute approximate surface area is 176 Å². The van der Waals surface area contributed by atoms with Crippen LogP contribution < -0.4 is 10.2 Å². The zero-order valence-corrected chi connectivity index (χ0v) is 16.5. The van der Waals surface area contributed by atoms with Crippen molar-refractivity contribution < 1.29 is 27.6 Å². The molecule has 160 valence electrons. The monoisotopic (exact) mass is 426 g/mol. The van der Waals surface area contributed by atoms with E-state index < -0.39 is 11.3 Å². The lowest BCUT2D eigenvalue weighted by atomic mass is 10.2. The molecule has 4 rings (SSSR count). The molecule has 31 heavy (non-hydrogen) atoms. The Balaban J connectivity index is 1.34. The second-order valence-electron chi connectivity index (χ2n) is 6.95. The number of piperazine rings is 1. The van der Waals surface area contributed by atoms with Gasteiger partial charge in [0.15, 0.2) is 11.5 Å². The second-order valence-corrected chi connectivity index (χ2v) is 6.95. The molecule has 1 aromatic carbocycles. The number of halogens is 1. The predicted octanol–water partition coefficient (Wildman–Crippen LogP) is 2.55. The van der Waals surface area contributed by atoms with Gasteiger partial charge in [0.25, 0.3) is 11.8 Å². The molecular formula is C22H19FN2O6. The third-order valence-corrected chi connectivity index (χ3v) is 4.90. The van der Waals surface area contributed by atoms with Crippen molar-refractivity contribution in [3.8, 4) is 5.75 Å². The average molecular weight is 426 g/mol. The van der Waals surface area contributed by atoms with Crippen molar-refractivity contribution in [1.29, 1.82) is 0 Å². The van der Waals surface area contributed by atoms with Crippen molar-refractivity contribution in [2.75, 3.05) is 26.2 Å². The summed E-state index contributed by atoms with van der Waals surface area (Å²) in [5.74, 6) is -0.933. The Kier molecular flexibility index (Phi) is 5.83. The maximum atomic E-state index is 12.9. The molecule has 0 radical (unpaired) electrons. The molecule has 0 aliphatic carbocycles. The highest BCUT2D eigenvalue weighted by molar-refractivity contribution is 5.93. The molecule has 2 aromatic heterocycles. The number of hydrogen-bond donors (Lipinski definition) is 0. The van der Waals surface area contributed by atoms with Crippen molar-refractivity contribution in [3.05, 3.63) is 88.1 Å². The number of nitrogens with zero attached hydrogens (tertiary/aromatic N) is 2. The highest BCUT2D eigenvalue weighted by Crippen LogP contribution is 2.14. The van der Waals surface area contributed by atoms with E-state index in [4.69, 9.17) is 13.6 Å². The van der Waals surface area contributed by atoms with E-state index >= 15 is 0 Å². The molecule has 3 heterocycles. The molecule has 0 N–H and O–H groups in total. The number of amides is 2. The topological polar surface area (TPSA) is 93.2 Å². The number of ether oxygens (including phenoxy) is 1. The predicted molar refractivity (Wildman–Crippen MR) is 106 cm³/mol. The van der Waals surface area contributed by atoms with Gasteiger partial charge < -0.3 is 23.4 Å². The Morgan fingerprint density at radius 2 is 1.58 bits per heavy atom. The van der Waals surface area contributed by atoms with Gasteiger partial charge in [-0.3, -0.25) is 14.4 Å². The molecule has 1 fully saturated rings. The van der Waals surface area contributed by atoms with Crippen LogP contribution in [0.2, 0.25) is 0 Å². The van der Waals surface area contributed by atoms with Crippen LogP contribution >= 0.6 is 0 Å². The summed E-state index contributed by atoms with van der Waals surface area (Å²) in [6, 6.07) is 10.0. The van der Waals surface area contributed by atoms with E-state index in [0.29, 0.717) is 31.7 Å². The molecule has 0 atom stereocenters. The van der Waals surface area contributed by atoms with Gasteiger partial charge in [0.1, 0.15) is 18.7 Å². The summed E-state index contributed by atoms with van der Waals surface area (Å²) in [5, 5.41) is 0. The molecule has 0 bridgehead atoms. The van der Waals surface area contributed by atoms with Gasteiger partial charge in [-0.15, -0.1) is 0 Å². The minimum atomic E-state index is -0.497. The molecule has 0 saturated carbocycles. The number of rotatable bonds is 5. The fourth-order valence-corrected chi connectivity index (χ4v) is 3.18. The largest absolute Gasteiger partial charge is 0.482 e. The highest BCUT2D eigenvalue weighted by atomic mass is 19.1. The molecule has 0 unspecified atom stereocenters. The van der Waals surface area contributed by atoms with E-state index in [1.54, 1.807) is 29.2 Å². The smallest absolute Gasteiger partial charge is 0.289 e. The van der Waals surface area contributed by atoms with E-state index in [0.717, 1.165) is 12.3 Å². The number of benzene rings is 1. The fraction of sp³-hybridized carbons (Fsp3) is 0.227. The van der Waals surface area contributed by atoms with Gasteiger partial charge >= 0.3 is 0 Å². The standard InChI is InChI=1S/C22H19FN2O6/c23-16-5-3-15(4-6-16)13-30-20-14-31-19(12-17(20)26)22(28)25-9-7-24(8-10-25)21(27)18-2-1-11-29-18/h1-6,11-12,14H,7-10,13H2. The molecule has 0 spiro atoms. The van der Waals surface area contributed by atoms with Crippen LogP contribution in [0.5, 0.6) is 5.75 Å². The van der Waals surface area contributed by atoms with Crippen molar-refractivity contribution in [2.24, 2.45) is 0 Å². The third-order valence-electron chi connectivity index (χ3n) is 4.90. The molecular weight excluding hydrogens is 407 g/mol. The summed E-state index contributed by atoms with van der Waals surface area (Å²) in [6.07, 6.45) is 2.53. The number of hydrogen-bond acceptors (Lipinski definition) is 6. The zero-order chi connectivity index (χ0) is 21.8. The summed E-state index contributed by atoms with van der Waals surface area (Å²) in [7, 11) is 0. The third kappa shape index (κ3) is 4.66. The van der Waals surface area contributed by atoms with Crippen molar-refractivity contribution in [3.63, 3.8) is 0 Å². The van der Waals surface area contributed by atoms with Crippen LogP contribution in [-0.4, -0.2) is 47.8 Å². The maximum Gasteiger partial charge on any atom is 0.289 e. The minimum Gasteiger partial charge on any atom is -0.482 e. The SMILES string of the molecule is O=C(c1ccco1)N1CCN(C(=O)c2cc(=O)c(OCc3ccc(F)cc3)co2)CC1. The lowest BCUT2D eigenvalue weighted by Crippen LogP contribution is -2.50. The van der Waals surface area contributed by atoms with Gasteiger partial charge in [0, 0.05) is 32.2 Å². The van der Waals surface area contributed by atoms with Crippen LogP contribution in [0, 0.1) is 5.82 Å². The first-order chi connectivity index (χ1) is 15.0. The van der Waals surface area contributed by atoms with E-state index in [-0.39, 0.29) is 35.6 Å². The highest BCUT2D eigenvalue weighted by Gasteiger charge is 2.28.